The SMILES string of the molecule is CCC(=O)C(N)c1cc(C(=O)O)c(=O)n2cc(Cc3cccc(Cl)c3F)ccc12. The zero-order valence-corrected chi connectivity index (χ0v) is 16.2. The smallest absolute Gasteiger partial charge is 0.341 e. The molecule has 0 saturated heterocycles. The van der Waals surface area contributed by atoms with Crippen LogP contribution in [-0.2, 0) is 11.2 Å². The second kappa shape index (κ2) is 8.14. The Morgan fingerprint density at radius 3 is 2.66 bits per heavy atom. The van der Waals surface area contributed by atoms with Gasteiger partial charge in [-0.3, -0.25) is 14.0 Å². The van der Waals surface area contributed by atoms with E-state index in [1.54, 1.807) is 31.2 Å². The Hall–Kier alpha value is -3.03. The Morgan fingerprint density at radius 1 is 1.28 bits per heavy atom. The van der Waals surface area contributed by atoms with Crippen molar-refractivity contribution in [1.29, 1.82) is 0 Å². The van der Waals surface area contributed by atoms with E-state index in [-0.39, 0.29) is 29.2 Å². The molecule has 0 aliphatic carbocycles. The number of carboxylic acids is 1. The molecule has 3 aromatic rings. The van der Waals surface area contributed by atoms with Crippen molar-refractivity contribution in [2.45, 2.75) is 25.8 Å². The summed E-state index contributed by atoms with van der Waals surface area (Å²) in [6, 6.07) is 7.94. The Labute approximate surface area is 170 Å². The number of hydrogen-bond donors (Lipinski definition) is 2. The first-order valence-corrected chi connectivity index (χ1v) is 9.25. The second-order valence-corrected chi connectivity index (χ2v) is 7.01. The van der Waals surface area contributed by atoms with Crippen LogP contribution < -0.4 is 11.3 Å². The number of carboxylic acid groups (broad SMARTS) is 1. The highest BCUT2D eigenvalue weighted by molar-refractivity contribution is 6.30. The van der Waals surface area contributed by atoms with Crippen molar-refractivity contribution in [1.82, 2.24) is 4.40 Å². The maximum absolute atomic E-state index is 14.2. The third-order valence-electron chi connectivity index (χ3n) is 4.74. The highest BCUT2D eigenvalue weighted by Gasteiger charge is 2.22. The van der Waals surface area contributed by atoms with E-state index in [9.17, 15) is 23.9 Å². The van der Waals surface area contributed by atoms with Crippen LogP contribution in [0.15, 0.2) is 47.4 Å². The minimum atomic E-state index is -1.42. The van der Waals surface area contributed by atoms with E-state index in [0.717, 1.165) is 10.5 Å². The maximum atomic E-state index is 14.2. The summed E-state index contributed by atoms with van der Waals surface area (Å²) >= 11 is 5.81. The first-order valence-electron chi connectivity index (χ1n) is 8.87. The molecule has 0 aliphatic heterocycles. The molecule has 1 atom stereocenters. The fourth-order valence-electron chi connectivity index (χ4n) is 3.17. The summed E-state index contributed by atoms with van der Waals surface area (Å²) in [7, 11) is 0. The average Bonchev–Trinajstić information content (AvgIpc) is 2.70. The number of halogens is 2. The van der Waals surface area contributed by atoms with E-state index in [2.05, 4.69) is 0 Å². The van der Waals surface area contributed by atoms with Crippen LogP contribution in [0.3, 0.4) is 0 Å². The second-order valence-electron chi connectivity index (χ2n) is 6.60. The molecule has 0 bridgehead atoms. The number of carbonyl (C=O) groups excluding carboxylic acids is 1. The number of rotatable bonds is 6. The minimum Gasteiger partial charge on any atom is -0.477 e. The van der Waals surface area contributed by atoms with Gasteiger partial charge >= 0.3 is 5.97 Å². The van der Waals surface area contributed by atoms with E-state index < -0.39 is 29.0 Å². The number of Topliss-reactive ketones (excluding diaryl/α,β-unsaturated/α-hetero) is 1. The minimum absolute atomic E-state index is 0.0139. The predicted molar refractivity (Wildman–Crippen MR) is 107 cm³/mol. The zero-order valence-electron chi connectivity index (χ0n) is 15.5. The van der Waals surface area contributed by atoms with Crippen LogP contribution in [0.4, 0.5) is 4.39 Å². The van der Waals surface area contributed by atoms with Gasteiger partial charge in [0.2, 0.25) is 0 Å². The van der Waals surface area contributed by atoms with E-state index >= 15 is 0 Å². The number of benzene rings is 1. The molecule has 0 aliphatic rings. The highest BCUT2D eigenvalue weighted by Crippen LogP contribution is 2.23. The summed E-state index contributed by atoms with van der Waals surface area (Å²) in [5.41, 5.74) is 6.21. The van der Waals surface area contributed by atoms with Gasteiger partial charge < -0.3 is 10.8 Å². The van der Waals surface area contributed by atoms with E-state index in [0.29, 0.717) is 16.6 Å². The number of hydrogen-bond acceptors (Lipinski definition) is 4. The Bertz CT molecular complexity index is 1190. The number of aromatic carboxylic acids is 1. The summed E-state index contributed by atoms with van der Waals surface area (Å²) in [4.78, 5) is 36.3. The predicted octanol–water partition coefficient (Wildman–Crippen LogP) is 3.36. The molecule has 6 nitrogen and oxygen atoms in total. The van der Waals surface area contributed by atoms with Crippen molar-refractivity contribution in [2.75, 3.05) is 0 Å². The standard InChI is InChI=1S/C21H18ClFN2O4/c1-2-17(26)19(24)13-9-14(21(28)29)20(27)25-10-11(6-7-16(13)25)8-12-4-3-5-15(22)18(12)23/h3-7,9-10,19H,2,8,24H2,1H3,(H,28,29). The van der Waals surface area contributed by atoms with E-state index in [4.69, 9.17) is 17.3 Å². The van der Waals surface area contributed by atoms with Crippen molar-refractivity contribution in [3.05, 3.63) is 86.0 Å². The van der Waals surface area contributed by atoms with Crippen LogP contribution >= 0.6 is 11.6 Å². The van der Waals surface area contributed by atoms with Crippen molar-refractivity contribution < 1.29 is 19.1 Å². The van der Waals surface area contributed by atoms with Crippen molar-refractivity contribution in [3.63, 3.8) is 0 Å². The fourth-order valence-corrected chi connectivity index (χ4v) is 3.37. The van der Waals surface area contributed by atoms with Gasteiger partial charge in [-0.25, -0.2) is 9.18 Å². The molecule has 0 amide bonds. The van der Waals surface area contributed by atoms with Gasteiger partial charge in [0.05, 0.1) is 16.6 Å². The van der Waals surface area contributed by atoms with Gasteiger partial charge in [-0.1, -0.05) is 36.7 Å². The van der Waals surface area contributed by atoms with Gasteiger partial charge in [0.15, 0.2) is 5.78 Å². The summed E-state index contributed by atoms with van der Waals surface area (Å²) in [6.07, 6.45) is 1.74. The molecule has 8 heteroatoms. The average molecular weight is 417 g/mol. The summed E-state index contributed by atoms with van der Waals surface area (Å²) in [6.45, 7) is 1.65. The summed E-state index contributed by atoms with van der Waals surface area (Å²) < 4.78 is 15.4. The quantitative estimate of drug-likeness (QED) is 0.641. The number of fused-ring (bicyclic) bond motifs is 1. The van der Waals surface area contributed by atoms with Crippen LogP contribution in [0.25, 0.3) is 5.52 Å². The number of carbonyl (C=O) groups is 2. The van der Waals surface area contributed by atoms with Gasteiger partial charge in [0.1, 0.15) is 11.4 Å². The van der Waals surface area contributed by atoms with Crippen molar-refractivity contribution in [2.24, 2.45) is 5.73 Å². The Balaban J connectivity index is 2.20. The van der Waals surface area contributed by atoms with Gasteiger partial charge in [0.25, 0.3) is 5.56 Å². The van der Waals surface area contributed by atoms with Crippen LogP contribution in [0.1, 0.15) is 46.4 Å². The third-order valence-corrected chi connectivity index (χ3v) is 5.03. The molecule has 3 N–H and O–H groups in total. The molecule has 0 radical (unpaired) electrons. The van der Waals surface area contributed by atoms with Crippen LogP contribution in [0, 0.1) is 5.82 Å². The molecule has 29 heavy (non-hydrogen) atoms. The molecular formula is C21H18ClFN2O4. The molecule has 1 aromatic carbocycles. The lowest BCUT2D eigenvalue weighted by Gasteiger charge is -2.16. The molecule has 2 aromatic heterocycles. The third kappa shape index (κ3) is 3.92. The Kier molecular flexibility index (Phi) is 5.81. The first kappa shape index (κ1) is 20.7. The molecule has 0 fully saturated rings. The maximum Gasteiger partial charge on any atom is 0.341 e. The molecule has 3 rings (SSSR count). The zero-order chi connectivity index (χ0) is 21.3. The van der Waals surface area contributed by atoms with Crippen molar-refractivity contribution >= 4 is 28.9 Å². The van der Waals surface area contributed by atoms with Crippen LogP contribution in [0.5, 0.6) is 0 Å². The largest absolute Gasteiger partial charge is 0.477 e. The van der Waals surface area contributed by atoms with Gasteiger partial charge in [0, 0.05) is 24.6 Å². The number of aromatic nitrogens is 1. The molecule has 2 heterocycles. The normalized spacial score (nSPS) is 12.1. The molecule has 0 spiro atoms. The van der Waals surface area contributed by atoms with Crippen LogP contribution in [0.2, 0.25) is 5.02 Å². The van der Waals surface area contributed by atoms with E-state index in [1.165, 1.54) is 12.3 Å². The lowest BCUT2D eigenvalue weighted by atomic mass is 9.98. The lowest BCUT2D eigenvalue weighted by molar-refractivity contribution is -0.120. The molecule has 0 saturated carbocycles. The number of nitrogens with zero attached hydrogens (tertiary/aromatic N) is 1. The van der Waals surface area contributed by atoms with Crippen LogP contribution in [-0.4, -0.2) is 21.3 Å². The van der Waals surface area contributed by atoms with Gasteiger partial charge in [-0.15, -0.1) is 0 Å². The number of nitrogens with two attached hydrogens (primary N) is 1. The fraction of sp³-hybridized carbons (Fsp3) is 0.190. The van der Waals surface area contributed by atoms with Gasteiger partial charge in [-0.2, -0.15) is 0 Å². The van der Waals surface area contributed by atoms with Crippen molar-refractivity contribution in [3.8, 4) is 0 Å². The summed E-state index contributed by atoms with van der Waals surface area (Å²) in [5, 5.41) is 9.38. The number of pyridine rings is 2. The monoisotopic (exact) mass is 416 g/mol. The topological polar surface area (TPSA) is 102 Å². The first-order chi connectivity index (χ1) is 13.7. The van der Waals surface area contributed by atoms with E-state index in [1.807, 2.05) is 0 Å². The lowest BCUT2D eigenvalue weighted by Crippen LogP contribution is -2.28. The van der Waals surface area contributed by atoms with Gasteiger partial charge in [-0.05, 0) is 29.3 Å². The Morgan fingerprint density at radius 2 is 2.00 bits per heavy atom. The molecule has 1 unspecified atom stereocenters. The number of ketones is 1. The molecule has 150 valence electrons. The summed E-state index contributed by atoms with van der Waals surface area (Å²) in [5.74, 6) is -2.27. The highest BCUT2D eigenvalue weighted by atomic mass is 35.5. The molecular weight excluding hydrogens is 399 g/mol.